The largest absolute Gasteiger partial charge is 0.227 e. The number of aromatic nitrogens is 3. The summed E-state index contributed by atoms with van der Waals surface area (Å²) in [6.45, 7) is 3.97. The summed E-state index contributed by atoms with van der Waals surface area (Å²) in [7, 11) is 0. The maximum absolute atomic E-state index is 9.08. The van der Waals surface area contributed by atoms with E-state index in [1.165, 1.54) is 11.3 Å². The van der Waals surface area contributed by atoms with Gasteiger partial charge in [-0.25, -0.2) is 9.50 Å². The van der Waals surface area contributed by atoms with Gasteiger partial charge in [-0.15, -0.1) is 11.3 Å². The minimum atomic E-state index is 0.674. The Morgan fingerprint density at radius 2 is 2.22 bits per heavy atom. The molecule has 0 radical (unpaired) electrons. The van der Waals surface area contributed by atoms with E-state index in [-0.39, 0.29) is 0 Å². The molecule has 3 aromatic heterocycles. The second-order valence-corrected chi connectivity index (χ2v) is 5.04. The highest BCUT2D eigenvalue weighted by atomic mass is 32.1. The molecular formula is C13H10N4S. The fraction of sp³-hybridized carbons (Fsp3) is 0.154. The highest BCUT2D eigenvalue weighted by molar-refractivity contribution is 7.13. The van der Waals surface area contributed by atoms with Gasteiger partial charge in [-0.1, -0.05) is 0 Å². The molecule has 3 rings (SSSR count). The lowest BCUT2D eigenvalue weighted by Crippen LogP contribution is -1.97. The first-order chi connectivity index (χ1) is 8.70. The molecule has 0 aliphatic rings. The number of hydrogen-bond donors (Lipinski definition) is 0. The minimum absolute atomic E-state index is 0.674. The van der Waals surface area contributed by atoms with Gasteiger partial charge in [-0.3, -0.25) is 0 Å². The summed E-state index contributed by atoms with van der Waals surface area (Å²) in [4.78, 5) is 5.53. The summed E-state index contributed by atoms with van der Waals surface area (Å²) < 4.78 is 1.82. The molecule has 0 spiro atoms. The van der Waals surface area contributed by atoms with Gasteiger partial charge in [0, 0.05) is 11.3 Å². The first-order valence-corrected chi connectivity index (χ1v) is 6.38. The van der Waals surface area contributed by atoms with E-state index in [1.807, 2.05) is 35.9 Å². The number of nitrogens with zero attached hydrogens (tertiary/aromatic N) is 4. The Balaban J connectivity index is 2.31. The summed E-state index contributed by atoms with van der Waals surface area (Å²) in [5.74, 6) is 0. The number of nitriles is 1. The molecule has 0 aliphatic heterocycles. The lowest BCUT2D eigenvalue weighted by atomic mass is 10.2. The van der Waals surface area contributed by atoms with Crippen LogP contribution < -0.4 is 0 Å². The maximum atomic E-state index is 9.08. The molecule has 4 nitrogen and oxygen atoms in total. The summed E-state index contributed by atoms with van der Waals surface area (Å²) >= 11 is 1.54. The van der Waals surface area contributed by atoms with E-state index >= 15 is 0 Å². The highest BCUT2D eigenvalue weighted by Crippen LogP contribution is 2.29. The molecule has 0 saturated carbocycles. The predicted molar refractivity (Wildman–Crippen MR) is 70.5 cm³/mol. The van der Waals surface area contributed by atoms with Crippen LogP contribution in [-0.4, -0.2) is 14.6 Å². The Bertz CT molecular complexity index is 776. The van der Waals surface area contributed by atoms with Crippen LogP contribution in [0.25, 0.3) is 16.2 Å². The third kappa shape index (κ3) is 1.50. The molecule has 0 aromatic carbocycles. The summed E-state index contributed by atoms with van der Waals surface area (Å²) in [5, 5.41) is 15.3. The lowest BCUT2D eigenvalue weighted by Gasteiger charge is -2.03. The van der Waals surface area contributed by atoms with E-state index in [4.69, 9.17) is 5.26 Å². The van der Waals surface area contributed by atoms with Crippen molar-refractivity contribution in [2.45, 2.75) is 13.8 Å². The Kier molecular flexibility index (Phi) is 2.39. The summed E-state index contributed by atoms with van der Waals surface area (Å²) in [6, 6.07) is 5.99. The fourth-order valence-electron chi connectivity index (χ4n) is 1.93. The molecule has 88 valence electrons. The molecule has 0 saturated heterocycles. The standard InChI is InChI=1S/C13H10N4S/c1-8-7-15-17-9(2)5-11(16-13(8)17)12-10(6-14)3-4-18-12/h3-5,7H,1-2H3. The maximum Gasteiger partial charge on any atom is 0.158 e. The topological polar surface area (TPSA) is 54.0 Å². The van der Waals surface area contributed by atoms with Gasteiger partial charge in [-0.05, 0) is 31.4 Å². The average molecular weight is 254 g/mol. The molecular weight excluding hydrogens is 244 g/mol. The van der Waals surface area contributed by atoms with Gasteiger partial charge in [0.25, 0.3) is 0 Å². The van der Waals surface area contributed by atoms with Crippen molar-refractivity contribution < 1.29 is 0 Å². The van der Waals surface area contributed by atoms with E-state index in [0.29, 0.717) is 5.56 Å². The molecule has 3 heterocycles. The Hall–Kier alpha value is -2.19. The summed E-state index contributed by atoms with van der Waals surface area (Å²) in [5.41, 5.74) is 4.42. The quantitative estimate of drug-likeness (QED) is 0.671. The first kappa shape index (κ1) is 10.9. The predicted octanol–water partition coefficient (Wildman–Crippen LogP) is 2.95. The van der Waals surface area contributed by atoms with Crippen molar-refractivity contribution in [3.63, 3.8) is 0 Å². The van der Waals surface area contributed by atoms with Gasteiger partial charge in [0.2, 0.25) is 0 Å². The van der Waals surface area contributed by atoms with Crippen molar-refractivity contribution in [1.29, 1.82) is 5.26 Å². The molecule has 0 unspecified atom stereocenters. The lowest BCUT2D eigenvalue weighted by molar-refractivity contribution is 0.897. The smallest absolute Gasteiger partial charge is 0.158 e. The molecule has 0 bridgehead atoms. The van der Waals surface area contributed by atoms with Crippen LogP contribution in [0.15, 0.2) is 23.7 Å². The molecule has 0 amide bonds. The fourth-order valence-corrected chi connectivity index (χ4v) is 2.74. The van der Waals surface area contributed by atoms with Crippen molar-refractivity contribution >= 4 is 17.0 Å². The normalized spacial score (nSPS) is 10.7. The van der Waals surface area contributed by atoms with Crippen LogP contribution in [0.1, 0.15) is 16.8 Å². The number of aryl methyl sites for hydroxylation is 2. The number of hydrogen-bond acceptors (Lipinski definition) is 4. The average Bonchev–Trinajstić information content (AvgIpc) is 2.96. The zero-order valence-corrected chi connectivity index (χ0v) is 10.8. The van der Waals surface area contributed by atoms with E-state index in [0.717, 1.165) is 27.5 Å². The zero-order chi connectivity index (χ0) is 12.7. The van der Waals surface area contributed by atoms with Gasteiger partial charge in [0.05, 0.1) is 22.3 Å². The number of thiophene rings is 1. The third-order valence-corrected chi connectivity index (χ3v) is 3.78. The van der Waals surface area contributed by atoms with Gasteiger partial charge < -0.3 is 0 Å². The SMILES string of the molecule is Cc1cnn2c(C)cc(-c3sccc3C#N)nc12. The van der Waals surface area contributed by atoms with Crippen LogP contribution in [0, 0.1) is 25.2 Å². The van der Waals surface area contributed by atoms with E-state index in [2.05, 4.69) is 16.2 Å². The second kappa shape index (κ2) is 3.93. The monoisotopic (exact) mass is 254 g/mol. The van der Waals surface area contributed by atoms with Gasteiger partial charge in [0.1, 0.15) is 6.07 Å². The van der Waals surface area contributed by atoms with Gasteiger partial charge in [-0.2, -0.15) is 10.4 Å². The van der Waals surface area contributed by atoms with Crippen molar-refractivity contribution in [2.75, 3.05) is 0 Å². The van der Waals surface area contributed by atoms with Crippen LogP contribution in [0.5, 0.6) is 0 Å². The van der Waals surface area contributed by atoms with Crippen LogP contribution in [0.2, 0.25) is 0 Å². The van der Waals surface area contributed by atoms with E-state index in [1.54, 1.807) is 6.20 Å². The first-order valence-electron chi connectivity index (χ1n) is 5.50. The molecule has 5 heteroatoms. The van der Waals surface area contributed by atoms with E-state index in [9.17, 15) is 0 Å². The van der Waals surface area contributed by atoms with Gasteiger partial charge in [0.15, 0.2) is 5.65 Å². The van der Waals surface area contributed by atoms with Crippen LogP contribution >= 0.6 is 11.3 Å². The number of rotatable bonds is 1. The highest BCUT2D eigenvalue weighted by Gasteiger charge is 2.12. The van der Waals surface area contributed by atoms with Crippen molar-refractivity contribution in [2.24, 2.45) is 0 Å². The van der Waals surface area contributed by atoms with Crippen LogP contribution in [0.3, 0.4) is 0 Å². The van der Waals surface area contributed by atoms with Crippen LogP contribution in [0.4, 0.5) is 0 Å². The Morgan fingerprint density at radius 1 is 1.39 bits per heavy atom. The number of fused-ring (bicyclic) bond motifs is 1. The van der Waals surface area contributed by atoms with E-state index < -0.39 is 0 Å². The van der Waals surface area contributed by atoms with Crippen molar-refractivity contribution in [1.82, 2.24) is 14.6 Å². The Labute approximate surface area is 108 Å². The molecule has 0 fully saturated rings. The minimum Gasteiger partial charge on any atom is -0.227 e. The molecule has 3 aromatic rings. The second-order valence-electron chi connectivity index (χ2n) is 4.12. The summed E-state index contributed by atoms with van der Waals surface area (Å²) in [6.07, 6.45) is 1.80. The van der Waals surface area contributed by atoms with Gasteiger partial charge >= 0.3 is 0 Å². The molecule has 0 N–H and O–H groups in total. The van der Waals surface area contributed by atoms with Crippen molar-refractivity contribution in [3.05, 3.63) is 40.5 Å². The Morgan fingerprint density at radius 3 is 3.00 bits per heavy atom. The zero-order valence-electron chi connectivity index (χ0n) is 10.0. The molecule has 0 aliphatic carbocycles. The van der Waals surface area contributed by atoms with Crippen molar-refractivity contribution in [3.8, 4) is 16.6 Å². The van der Waals surface area contributed by atoms with Crippen LogP contribution in [-0.2, 0) is 0 Å². The molecule has 0 atom stereocenters. The molecule has 18 heavy (non-hydrogen) atoms. The third-order valence-electron chi connectivity index (χ3n) is 2.84.